The third kappa shape index (κ3) is 2.94. The van der Waals surface area contributed by atoms with Gasteiger partial charge in [-0.2, -0.15) is 0 Å². The molecule has 2 aromatic rings. The van der Waals surface area contributed by atoms with Crippen LogP contribution in [0.4, 0.5) is 5.69 Å². The Hall–Kier alpha value is -1.85. The van der Waals surface area contributed by atoms with Crippen LogP contribution in [0.3, 0.4) is 0 Å². The second kappa shape index (κ2) is 5.87. The number of hydrogen-bond donors (Lipinski definition) is 1. The van der Waals surface area contributed by atoms with Gasteiger partial charge < -0.3 is 5.11 Å². The van der Waals surface area contributed by atoms with Crippen molar-refractivity contribution in [3.05, 3.63) is 59.2 Å². The molecule has 0 heterocycles. The van der Waals surface area contributed by atoms with Gasteiger partial charge in [0, 0.05) is 7.05 Å². The lowest BCUT2D eigenvalue weighted by Crippen LogP contribution is -2.27. The lowest BCUT2D eigenvalue weighted by molar-refractivity contribution is 0.280. The van der Waals surface area contributed by atoms with Crippen LogP contribution in [0, 0.1) is 13.8 Å². The summed E-state index contributed by atoms with van der Waals surface area (Å²) in [6.07, 6.45) is 0. The van der Waals surface area contributed by atoms with Gasteiger partial charge in [0.25, 0.3) is 10.0 Å². The summed E-state index contributed by atoms with van der Waals surface area (Å²) in [6.45, 7) is 3.53. The van der Waals surface area contributed by atoms with E-state index in [1.807, 2.05) is 32.0 Å². The Morgan fingerprint density at radius 1 is 1.05 bits per heavy atom. The minimum Gasteiger partial charge on any atom is -0.392 e. The number of aliphatic hydroxyl groups excluding tert-OH is 1. The fourth-order valence-electron chi connectivity index (χ4n) is 2.18. The first kappa shape index (κ1) is 15.5. The third-order valence-corrected chi connectivity index (χ3v) is 5.37. The predicted molar refractivity (Wildman–Crippen MR) is 83.9 cm³/mol. The summed E-state index contributed by atoms with van der Waals surface area (Å²) in [5.74, 6) is 0. The van der Waals surface area contributed by atoms with E-state index in [1.54, 1.807) is 18.2 Å². The Kier molecular flexibility index (Phi) is 4.34. The van der Waals surface area contributed by atoms with Crippen LogP contribution in [0.5, 0.6) is 0 Å². The zero-order valence-corrected chi connectivity index (χ0v) is 13.2. The smallest absolute Gasteiger partial charge is 0.264 e. The van der Waals surface area contributed by atoms with Gasteiger partial charge in [-0.3, -0.25) is 4.31 Å². The van der Waals surface area contributed by atoms with Crippen LogP contribution in [-0.2, 0) is 16.6 Å². The van der Waals surface area contributed by atoms with Crippen LogP contribution in [-0.4, -0.2) is 20.6 Å². The zero-order chi connectivity index (χ0) is 15.6. The van der Waals surface area contributed by atoms with Crippen molar-refractivity contribution in [2.75, 3.05) is 11.4 Å². The molecule has 0 saturated heterocycles. The number of hydrogen-bond acceptors (Lipinski definition) is 3. The third-order valence-electron chi connectivity index (χ3n) is 3.60. The molecule has 2 aromatic carbocycles. The summed E-state index contributed by atoms with van der Waals surface area (Å²) < 4.78 is 26.7. The molecule has 0 aliphatic carbocycles. The second-order valence-electron chi connectivity index (χ2n) is 5.01. The summed E-state index contributed by atoms with van der Waals surface area (Å²) in [7, 11) is -2.10. The standard InChI is InChI=1S/C16H19NO3S/c1-12-8-9-15(10-14(12)11-18)21(19,20)17(3)16-7-5-4-6-13(16)2/h4-10,18H,11H2,1-3H3. The summed E-state index contributed by atoms with van der Waals surface area (Å²) in [5, 5.41) is 9.30. The molecule has 1 N–H and O–H groups in total. The van der Waals surface area contributed by atoms with Crippen molar-refractivity contribution >= 4 is 15.7 Å². The number of aryl methyl sites for hydroxylation is 2. The predicted octanol–water partition coefficient (Wildman–Crippen LogP) is 2.62. The van der Waals surface area contributed by atoms with Gasteiger partial charge in [-0.15, -0.1) is 0 Å². The molecular weight excluding hydrogens is 286 g/mol. The van der Waals surface area contributed by atoms with E-state index < -0.39 is 10.0 Å². The molecule has 0 bridgehead atoms. The molecule has 0 aliphatic heterocycles. The molecule has 5 heteroatoms. The fourth-order valence-corrected chi connectivity index (χ4v) is 3.49. The maximum Gasteiger partial charge on any atom is 0.264 e. The van der Waals surface area contributed by atoms with Crippen molar-refractivity contribution < 1.29 is 13.5 Å². The van der Waals surface area contributed by atoms with E-state index in [9.17, 15) is 13.5 Å². The molecule has 0 fully saturated rings. The Morgan fingerprint density at radius 3 is 2.33 bits per heavy atom. The maximum atomic E-state index is 12.7. The highest BCUT2D eigenvalue weighted by atomic mass is 32.2. The summed E-state index contributed by atoms with van der Waals surface area (Å²) >= 11 is 0. The van der Waals surface area contributed by atoms with E-state index in [0.717, 1.165) is 11.1 Å². The van der Waals surface area contributed by atoms with Gasteiger partial charge in [-0.25, -0.2) is 8.42 Å². The maximum absolute atomic E-state index is 12.7. The Balaban J connectivity index is 2.49. The van der Waals surface area contributed by atoms with Crippen LogP contribution in [0.15, 0.2) is 47.4 Å². The number of aliphatic hydroxyl groups is 1. The Morgan fingerprint density at radius 2 is 1.71 bits per heavy atom. The number of para-hydroxylation sites is 1. The number of rotatable bonds is 4. The highest BCUT2D eigenvalue weighted by Gasteiger charge is 2.22. The molecule has 0 aliphatic rings. The van der Waals surface area contributed by atoms with Gasteiger partial charge in [0.1, 0.15) is 0 Å². The molecule has 0 aromatic heterocycles. The molecule has 0 atom stereocenters. The van der Waals surface area contributed by atoms with Crippen LogP contribution >= 0.6 is 0 Å². The largest absolute Gasteiger partial charge is 0.392 e. The second-order valence-corrected chi connectivity index (χ2v) is 6.97. The van der Waals surface area contributed by atoms with Crippen LogP contribution in [0.25, 0.3) is 0 Å². The van der Waals surface area contributed by atoms with Crippen molar-refractivity contribution in [2.45, 2.75) is 25.3 Å². The van der Waals surface area contributed by atoms with Crippen molar-refractivity contribution in [3.63, 3.8) is 0 Å². The lowest BCUT2D eigenvalue weighted by atomic mass is 10.1. The summed E-state index contributed by atoms with van der Waals surface area (Å²) in [4.78, 5) is 0.183. The highest BCUT2D eigenvalue weighted by molar-refractivity contribution is 7.92. The minimum atomic E-state index is -3.64. The van der Waals surface area contributed by atoms with Crippen LogP contribution in [0.1, 0.15) is 16.7 Å². The number of anilines is 1. The normalized spacial score (nSPS) is 11.4. The Bertz CT molecular complexity index is 754. The van der Waals surface area contributed by atoms with E-state index in [2.05, 4.69) is 0 Å². The quantitative estimate of drug-likeness (QED) is 0.944. The van der Waals surface area contributed by atoms with E-state index in [-0.39, 0.29) is 11.5 Å². The number of nitrogens with zero attached hydrogens (tertiary/aromatic N) is 1. The van der Waals surface area contributed by atoms with Crippen molar-refractivity contribution in [1.82, 2.24) is 0 Å². The molecule has 0 radical (unpaired) electrons. The summed E-state index contributed by atoms with van der Waals surface area (Å²) in [6, 6.07) is 12.1. The minimum absolute atomic E-state index is 0.177. The molecule has 112 valence electrons. The average molecular weight is 305 g/mol. The van der Waals surface area contributed by atoms with Gasteiger partial charge in [0.15, 0.2) is 0 Å². The lowest BCUT2D eigenvalue weighted by Gasteiger charge is -2.21. The van der Waals surface area contributed by atoms with E-state index in [4.69, 9.17) is 0 Å². The number of benzene rings is 2. The molecule has 4 nitrogen and oxygen atoms in total. The van der Waals surface area contributed by atoms with Crippen LogP contribution < -0.4 is 4.31 Å². The van der Waals surface area contributed by atoms with E-state index in [1.165, 1.54) is 17.4 Å². The van der Waals surface area contributed by atoms with Crippen molar-refractivity contribution in [2.24, 2.45) is 0 Å². The monoisotopic (exact) mass is 305 g/mol. The number of sulfonamides is 1. The van der Waals surface area contributed by atoms with Gasteiger partial charge in [-0.1, -0.05) is 24.3 Å². The molecule has 0 saturated carbocycles. The molecule has 21 heavy (non-hydrogen) atoms. The van der Waals surface area contributed by atoms with Gasteiger partial charge in [0.2, 0.25) is 0 Å². The highest BCUT2D eigenvalue weighted by Crippen LogP contribution is 2.26. The van der Waals surface area contributed by atoms with Gasteiger partial charge in [0.05, 0.1) is 17.2 Å². The topological polar surface area (TPSA) is 57.6 Å². The summed E-state index contributed by atoms with van der Waals surface area (Å²) in [5.41, 5.74) is 3.02. The van der Waals surface area contributed by atoms with Crippen molar-refractivity contribution in [1.29, 1.82) is 0 Å². The first-order valence-electron chi connectivity index (χ1n) is 6.63. The first-order valence-corrected chi connectivity index (χ1v) is 8.07. The van der Waals surface area contributed by atoms with E-state index in [0.29, 0.717) is 11.3 Å². The molecular formula is C16H19NO3S. The van der Waals surface area contributed by atoms with E-state index >= 15 is 0 Å². The SMILES string of the molecule is Cc1ccc(S(=O)(=O)N(C)c2ccccc2C)cc1CO. The van der Waals surface area contributed by atoms with Crippen LogP contribution in [0.2, 0.25) is 0 Å². The fraction of sp³-hybridized carbons (Fsp3) is 0.250. The van der Waals surface area contributed by atoms with Gasteiger partial charge in [-0.05, 0) is 48.7 Å². The van der Waals surface area contributed by atoms with Gasteiger partial charge >= 0.3 is 0 Å². The molecule has 2 rings (SSSR count). The molecule has 0 spiro atoms. The first-order chi connectivity index (χ1) is 9.87. The molecule has 0 amide bonds. The average Bonchev–Trinajstić information content (AvgIpc) is 2.47. The molecule has 0 unspecified atom stereocenters. The Labute approximate surface area is 125 Å². The zero-order valence-electron chi connectivity index (χ0n) is 12.4. The van der Waals surface area contributed by atoms with Crippen molar-refractivity contribution in [3.8, 4) is 0 Å².